The van der Waals surface area contributed by atoms with Gasteiger partial charge in [-0.25, -0.2) is 14.4 Å². The topological polar surface area (TPSA) is 47.6 Å². The average molecular weight is 324 g/mol. The predicted molar refractivity (Wildman–Crippen MR) is 91.4 cm³/mol. The lowest BCUT2D eigenvalue weighted by atomic mass is 10.0. The fourth-order valence-corrected chi connectivity index (χ4v) is 2.99. The molecule has 2 aromatic rings. The highest BCUT2D eigenvalue weighted by molar-refractivity contribution is 6.12. The van der Waals surface area contributed by atoms with E-state index >= 15 is 0 Å². The molecule has 2 heterocycles. The van der Waals surface area contributed by atoms with E-state index in [1.807, 2.05) is 38.1 Å². The van der Waals surface area contributed by atoms with Crippen molar-refractivity contribution in [2.75, 3.05) is 15.3 Å². The molecule has 0 atom stereocenters. The fraction of sp³-hybridized carbons (Fsp3) is 0.167. The Balaban J connectivity index is 1.84. The number of hydrogen-bond acceptors (Lipinski definition) is 4. The van der Waals surface area contributed by atoms with Crippen LogP contribution in [0.3, 0.4) is 0 Å². The monoisotopic (exact) mass is 324 g/mol. The Hall–Kier alpha value is -2.86. The van der Waals surface area contributed by atoms with Gasteiger partial charge in [-0.1, -0.05) is 32.0 Å². The lowest BCUT2D eigenvalue weighted by molar-refractivity contribution is -0.114. The highest BCUT2D eigenvalue weighted by Crippen LogP contribution is 2.39. The van der Waals surface area contributed by atoms with Crippen LogP contribution in [0.1, 0.15) is 13.8 Å². The molecular formula is C18H17FN4O. The third kappa shape index (κ3) is 2.15. The van der Waals surface area contributed by atoms with Gasteiger partial charge in [0.1, 0.15) is 11.5 Å². The van der Waals surface area contributed by atoms with Crippen molar-refractivity contribution in [3.8, 4) is 0 Å². The van der Waals surface area contributed by atoms with Crippen molar-refractivity contribution in [1.29, 1.82) is 0 Å². The van der Waals surface area contributed by atoms with E-state index in [4.69, 9.17) is 0 Å². The minimum atomic E-state index is -0.386. The molecule has 2 aliphatic rings. The summed E-state index contributed by atoms with van der Waals surface area (Å²) in [7, 11) is 0. The summed E-state index contributed by atoms with van der Waals surface area (Å²) in [6, 6.07) is 13.7. The molecule has 5 nitrogen and oxygen atoms in total. The van der Waals surface area contributed by atoms with Gasteiger partial charge in [0.15, 0.2) is 0 Å². The van der Waals surface area contributed by atoms with Crippen LogP contribution in [-0.4, -0.2) is 5.91 Å². The minimum Gasteiger partial charge on any atom is -0.355 e. The van der Waals surface area contributed by atoms with Crippen LogP contribution in [0.2, 0.25) is 0 Å². The second-order valence-corrected chi connectivity index (χ2v) is 6.11. The molecule has 1 saturated heterocycles. The zero-order chi connectivity index (χ0) is 16.8. The summed E-state index contributed by atoms with van der Waals surface area (Å²) in [5, 5.41) is 6.48. The normalized spacial score (nSPS) is 16.4. The summed E-state index contributed by atoms with van der Waals surface area (Å²) in [6.45, 7) is 4.05. The van der Waals surface area contributed by atoms with Crippen molar-refractivity contribution >= 4 is 23.0 Å². The predicted octanol–water partition coefficient (Wildman–Crippen LogP) is 3.39. The number of anilines is 3. The second kappa shape index (κ2) is 5.35. The SMILES string of the molecule is CC(C)C1=C2C(=O)N(c3cccc(F)c3)NN2c2ccccc2N1. The summed E-state index contributed by atoms with van der Waals surface area (Å²) < 4.78 is 13.6. The minimum absolute atomic E-state index is 0.133. The maximum Gasteiger partial charge on any atom is 0.294 e. The molecule has 2 aliphatic heterocycles. The molecule has 0 aromatic heterocycles. The highest BCUT2D eigenvalue weighted by atomic mass is 19.1. The van der Waals surface area contributed by atoms with E-state index in [0.717, 1.165) is 17.1 Å². The van der Waals surface area contributed by atoms with E-state index in [-0.39, 0.29) is 17.6 Å². The van der Waals surface area contributed by atoms with Crippen LogP contribution in [0.5, 0.6) is 0 Å². The molecule has 122 valence electrons. The summed E-state index contributed by atoms with van der Waals surface area (Å²) in [4.78, 5) is 13.0. The van der Waals surface area contributed by atoms with Gasteiger partial charge in [-0.15, -0.1) is 5.53 Å². The number of carbonyl (C=O) groups excluding carboxylic acids is 1. The second-order valence-electron chi connectivity index (χ2n) is 6.11. The number of carbonyl (C=O) groups is 1. The number of fused-ring (bicyclic) bond motifs is 3. The number of hydrazine groups is 2. The van der Waals surface area contributed by atoms with Crippen LogP contribution in [0, 0.1) is 11.7 Å². The lowest BCUT2D eigenvalue weighted by Gasteiger charge is -2.30. The van der Waals surface area contributed by atoms with Crippen LogP contribution in [-0.2, 0) is 4.79 Å². The molecule has 1 fully saturated rings. The molecule has 2 aromatic carbocycles. The number of nitrogens with zero attached hydrogens (tertiary/aromatic N) is 2. The van der Waals surface area contributed by atoms with Gasteiger partial charge in [0.25, 0.3) is 5.91 Å². The Morgan fingerprint density at radius 2 is 1.83 bits per heavy atom. The number of nitrogens with one attached hydrogen (secondary N) is 2. The van der Waals surface area contributed by atoms with Gasteiger partial charge in [-0.2, -0.15) is 0 Å². The van der Waals surface area contributed by atoms with Gasteiger partial charge < -0.3 is 5.32 Å². The van der Waals surface area contributed by atoms with Crippen molar-refractivity contribution in [2.45, 2.75) is 13.8 Å². The number of allylic oxidation sites excluding steroid dienone is 1. The molecule has 4 rings (SSSR count). The lowest BCUT2D eigenvalue weighted by Crippen LogP contribution is -2.41. The maximum absolute atomic E-state index is 13.6. The molecule has 6 heteroatoms. The maximum atomic E-state index is 13.6. The first-order valence-electron chi connectivity index (χ1n) is 7.83. The van der Waals surface area contributed by atoms with Crippen molar-refractivity contribution in [3.63, 3.8) is 0 Å². The highest BCUT2D eigenvalue weighted by Gasteiger charge is 2.41. The molecule has 0 bridgehead atoms. The van der Waals surface area contributed by atoms with Crippen molar-refractivity contribution < 1.29 is 9.18 Å². The van der Waals surface area contributed by atoms with E-state index in [0.29, 0.717) is 11.4 Å². The van der Waals surface area contributed by atoms with Crippen LogP contribution >= 0.6 is 0 Å². The first-order valence-corrected chi connectivity index (χ1v) is 7.83. The van der Waals surface area contributed by atoms with Gasteiger partial charge in [0.2, 0.25) is 0 Å². The molecule has 0 radical (unpaired) electrons. The summed E-state index contributed by atoms with van der Waals surface area (Å²) in [6.07, 6.45) is 0. The standard InChI is InChI=1S/C18H17FN4O/c1-11(2)16-17-18(24)22(13-7-5-6-12(19)10-13)21-23(17)15-9-4-3-8-14(15)20-16/h3-11,20-21H,1-2H3. The number of amides is 1. The Morgan fingerprint density at radius 3 is 2.58 bits per heavy atom. The van der Waals surface area contributed by atoms with Gasteiger partial charge in [-0.3, -0.25) is 4.79 Å². The van der Waals surface area contributed by atoms with E-state index in [1.54, 1.807) is 17.1 Å². The molecule has 24 heavy (non-hydrogen) atoms. The van der Waals surface area contributed by atoms with Crippen LogP contribution < -0.4 is 20.9 Å². The molecule has 0 spiro atoms. The zero-order valence-corrected chi connectivity index (χ0v) is 13.4. The van der Waals surface area contributed by atoms with Crippen LogP contribution in [0.4, 0.5) is 21.5 Å². The Bertz CT molecular complexity index is 862. The van der Waals surface area contributed by atoms with Gasteiger partial charge in [0.05, 0.1) is 17.1 Å². The Labute approximate surface area is 139 Å². The first-order chi connectivity index (χ1) is 11.6. The Kier molecular flexibility index (Phi) is 3.28. The van der Waals surface area contributed by atoms with Crippen LogP contribution in [0.25, 0.3) is 0 Å². The van der Waals surface area contributed by atoms with Crippen molar-refractivity contribution in [1.82, 2.24) is 5.53 Å². The molecule has 2 N–H and O–H groups in total. The van der Waals surface area contributed by atoms with Gasteiger partial charge in [0, 0.05) is 5.70 Å². The molecule has 0 aliphatic carbocycles. The van der Waals surface area contributed by atoms with Crippen molar-refractivity contribution in [2.24, 2.45) is 5.92 Å². The molecule has 1 amide bonds. The third-order valence-corrected chi connectivity index (χ3v) is 4.14. The number of hydrogen-bond donors (Lipinski definition) is 2. The number of halogens is 1. The Morgan fingerprint density at radius 1 is 1.04 bits per heavy atom. The summed E-state index contributed by atoms with van der Waals surface area (Å²) in [5.41, 5.74) is 6.69. The number of para-hydroxylation sites is 2. The smallest absolute Gasteiger partial charge is 0.294 e. The third-order valence-electron chi connectivity index (χ3n) is 4.14. The summed E-state index contributed by atoms with van der Waals surface area (Å²) >= 11 is 0. The molecule has 0 unspecified atom stereocenters. The fourth-order valence-electron chi connectivity index (χ4n) is 2.99. The first kappa shape index (κ1) is 14.7. The largest absolute Gasteiger partial charge is 0.355 e. The summed E-state index contributed by atoms with van der Waals surface area (Å²) in [5.74, 6) is -0.469. The van der Waals surface area contributed by atoms with E-state index < -0.39 is 0 Å². The van der Waals surface area contributed by atoms with E-state index in [2.05, 4.69) is 10.9 Å². The number of rotatable bonds is 2. The molecular weight excluding hydrogens is 307 g/mol. The zero-order valence-electron chi connectivity index (χ0n) is 13.4. The number of benzene rings is 2. The quantitative estimate of drug-likeness (QED) is 0.889. The van der Waals surface area contributed by atoms with E-state index in [1.165, 1.54) is 17.1 Å². The molecule has 0 saturated carbocycles. The average Bonchev–Trinajstić information content (AvgIpc) is 2.92. The van der Waals surface area contributed by atoms with Crippen LogP contribution in [0.15, 0.2) is 59.9 Å². The van der Waals surface area contributed by atoms with Crippen molar-refractivity contribution in [3.05, 3.63) is 65.7 Å². The van der Waals surface area contributed by atoms with E-state index in [9.17, 15) is 9.18 Å². The van der Waals surface area contributed by atoms with Gasteiger partial charge >= 0.3 is 0 Å². The van der Waals surface area contributed by atoms with Gasteiger partial charge in [-0.05, 0) is 36.2 Å².